The quantitative estimate of drug-likeness (QED) is 0.565. The number of benzene rings is 1. The summed E-state index contributed by atoms with van der Waals surface area (Å²) in [5.41, 5.74) is 5.03. The zero-order valence-electron chi connectivity index (χ0n) is 10.6. The number of aromatic nitrogens is 2. The molecule has 0 amide bonds. The van der Waals surface area contributed by atoms with E-state index in [-0.39, 0.29) is 0 Å². The van der Waals surface area contributed by atoms with Gasteiger partial charge in [-0.15, -0.1) is 0 Å². The lowest BCUT2D eigenvalue weighted by Crippen LogP contribution is -2.11. The fourth-order valence-electron chi connectivity index (χ4n) is 1.73. The van der Waals surface area contributed by atoms with E-state index in [1.165, 1.54) is 11.1 Å². The predicted octanol–water partition coefficient (Wildman–Crippen LogP) is 1.99. The number of rotatable bonds is 4. The zero-order valence-corrected chi connectivity index (χ0v) is 10.6. The molecule has 1 aromatic heterocycles. The second kappa shape index (κ2) is 5.46. The molecule has 1 heterocycles. The first-order valence-corrected chi connectivity index (χ1v) is 5.79. The van der Waals surface area contributed by atoms with Crippen LogP contribution in [0.15, 0.2) is 30.3 Å². The summed E-state index contributed by atoms with van der Waals surface area (Å²) in [5.74, 6) is 7.40. The molecule has 0 saturated heterocycles. The van der Waals surface area contributed by atoms with E-state index >= 15 is 0 Å². The van der Waals surface area contributed by atoms with Crippen LogP contribution in [-0.2, 0) is 6.54 Å². The number of nitrogens with one attached hydrogen (secondary N) is 2. The standard InChI is InChI=1S/C13H17N5/c1-9-5-3-4-6-11(9)8-15-12-7-13(18-14)17-10(2)16-12/h3-7H,8,14H2,1-2H3,(H2,15,16,17,18). The van der Waals surface area contributed by atoms with Crippen molar-refractivity contribution in [1.29, 1.82) is 0 Å². The van der Waals surface area contributed by atoms with Crippen LogP contribution in [0.2, 0.25) is 0 Å². The summed E-state index contributed by atoms with van der Waals surface area (Å²) in [6.45, 7) is 4.65. The maximum Gasteiger partial charge on any atom is 0.145 e. The molecule has 2 aromatic rings. The minimum absolute atomic E-state index is 0.606. The fourth-order valence-corrected chi connectivity index (χ4v) is 1.73. The van der Waals surface area contributed by atoms with Gasteiger partial charge in [-0.3, -0.25) is 0 Å². The Balaban J connectivity index is 2.11. The van der Waals surface area contributed by atoms with Crippen molar-refractivity contribution < 1.29 is 0 Å². The smallest absolute Gasteiger partial charge is 0.145 e. The topological polar surface area (TPSA) is 75.9 Å². The summed E-state index contributed by atoms with van der Waals surface area (Å²) in [5, 5.41) is 3.27. The molecule has 0 unspecified atom stereocenters. The molecule has 0 aliphatic carbocycles. The van der Waals surface area contributed by atoms with Gasteiger partial charge >= 0.3 is 0 Å². The highest BCUT2D eigenvalue weighted by Crippen LogP contribution is 2.13. The molecule has 2 rings (SSSR count). The third-order valence-electron chi connectivity index (χ3n) is 2.71. The molecule has 94 valence electrons. The van der Waals surface area contributed by atoms with Crippen LogP contribution >= 0.6 is 0 Å². The lowest BCUT2D eigenvalue weighted by molar-refractivity contribution is 1.01. The van der Waals surface area contributed by atoms with Crippen molar-refractivity contribution in [3.8, 4) is 0 Å². The molecule has 0 spiro atoms. The molecule has 0 fully saturated rings. The lowest BCUT2D eigenvalue weighted by Gasteiger charge is -2.09. The Hall–Kier alpha value is -2.14. The molecule has 5 heteroatoms. The number of nitrogen functional groups attached to an aromatic ring is 1. The third-order valence-corrected chi connectivity index (χ3v) is 2.71. The van der Waals surface area contributed by atoms with Crippen molar-refractivity contribution >= 4 is 11.6 Å². The monoisotopic (exact) mass is 243 g/mol. The van der Waals surface area contributed by atoms with Gasteiger partial charge in [-0.25, -0.2) is 15.8 Å². The van der Waals surface area contributed by atoms with Gasteiger partial charge in [0.1, 0.15) is 17.5 Å². The number of anilines is 2. The normalized spacial score (nSPS) is 10.2. The Bertz CT molecular complexity index is 539. The molecule has 4 N–H and O–H groups in total. The number of aryl methyl sites for hydroxylation is 2. The van der Waals surface area contributed by atoms with E-state index in [1.54, 1.807) is 6.07 Å². The molecule has 0 bridgehead atoms. The van der Waals surface area contributed by atoms with E-state index < -0.39 is 0 Å². The minimum atomic E-state index is 0.606. The highest BCUT2D eigenvalue weighted by molar-refractivity contribution is 5.47. The van der Waals surface area contributed by atoms with Crippen molar-refractivity contribution in [3.05, 3.63) is 47.3 Å². The van der Waals surface area contributed by atoms with Crippen molar-refractivity contribution in [1.82, 2.24) is 9.97 Å². The SMILES string of the molecule is Cc1nc(NN)cc(NCc2ccccc2C)n1. The van der Waals surface area contributed by atoms with Crippen molar-refractivity contribution in [3.63, 3.8) is 0 Å². The summed E-state index contributed by atoms with van der Waals surface area (Å²) in [4.78, 5) is 8.45. The van der Waals surface area contributed by atoms with Crippen LogP contribution in [0.5, 0.6) is 0 Å². The zero-order chi connectivity index (χ0) is 13.0. The van der Waals surface area contributed by atoms with E-state index in [1.807, 2.05) is 19.1 Å². The minimum Gasteiger partial charge on any atom is -0.366 e. The Morgan fingerprint density at radius 2 is 1.83 bits per heavy atom. The molecule has 0 atom stereocenters. The Morgan fingerprint density at radius 3 is 2.56 bits per heavy atom. The average Bonchev–Trinajstić information content (AvgIpc) is 2.37. The van der Waals surface area contributed by atoms with Gasteiger partial charge in [0.15, 0.2) is 0 Å². The molecular weight excluding hydrogens is 226 g/mol. The summed E-state index contributed by atoms with van der Waals surface area (Å²) < 4.78 is 0. The van der Waals surface area contributed by atoms with E-state index in [9.17, 15) is 0 Å². The molecule has 1 aromatic carbocycles. The van der Waals surface area contributed by atoms with Gasteiger partial charge < -0.3 is 10.7 Å². The van der Waals surface area contributed by atoms with E-state index in [4.69, 9.17) is 5.84 Å². The Labute approximate surface area is 106 Å². The van der Waals surface area contributed by atoms with Crippen LogP contribution in [0.1, 0.15) is 17.0 Å². The second-order valence-corrected chi connectivity index (χ2v) is 4.11. The number of hydrogen-bond acceptors (Lipinski definition) is 5. The van der Waals surface area contributed by atoms with Gasteiger partial charge in [-0.2, -0.15) is 0 Å². The van der Waals surface area contributed by atoms with E-state index in [0.717, 1.165) is 12.4 Å². The van der Waals surface area contributed by atoms with Crippen LogP contribution in [0.25, 0.3) is 0 Å². The second-order valence-electron chi connectivity index (χ2n) is 4.11. The van der Waals surface area contributed by atoms with Crippen molar-refractivity contribution in [2.75, 3.05) is 10.7 Å². The number of nitrogens with zero attached hydrogens (tertiary/aromatic N) is 2. The molecular formula is C13H17N5. The first-order valence-electron chi connectivity index (χ1n) is 5.79. The van der Waals surface area contributed by atoms with Crippen molar-refractivity contribution in [2.24, 2.45) is 5.84 Å². The summed E-state index contributed by atoms with van der Waals surface area (Å²) >= 11 is 0. The van der Waals surface area contributed by atoms with Gasteiger partial charge in [0, 0.05) is 12.6 Å². The molecule has 0 aliphatic heterocycles. The molecule has 5 nitrogen and oxygen atoms in total. The summed E-state index contributed by atoms with van der Waals surface area (Å²) in [7, 11) is 0. The molecule has 0 aliphatic rings. The van der Waals surface area contributed by atoms with Crippen LogP contribution in [-0.4, -0.2) is 9.97 Å². The van der Waals surface area contributed by atoms with Gasteiger partial charge in [-0.1, -0.05) is 24.3 Å². The maximum atomic E-state index is 5.35. The summed E-state index contributed by atoms with van der Waals surface area (Å²) in [6.07, 6.45) is 0. The van der Waals surface area contributed by atoms with Gasteiger partial charge in [0.2, 0.25) is 0 Å². The highest BCUT2D eigenvalue weighted by atomic mass is 15.3. The number of nitrogens with two attached hydrogens (primary N) is 1. The summed E-state index contributed by atoms with van der Waals surface area (Å²) in [6, 6.07) is 10.0. The van der Waals surface area contributed by atoms with Crippen LogP contribution < -0.4 is 16.6 Å². The molecule has 0 saturated carbocycles. The lowest BCUT2D eigenvalue weighted by atomic mass is 10.1. The highest BCUT2D eigenvalue weighted by Gasteiger charge is 2.01. The first-order chi connectivity index (χ1) is 8.69. The first kappa shape index (κ1) is 12.3. The van der Waals surface area contributed by atoms with Crippen LogP contribution in [0.4, 0.5) is 11.6 Å². The maximum absolute atomic E-state index is 5.35. The van der Waals surface area contributed by atoms with Gasteiger partial charge in [-0.05, 0) is 25.0 Å². The molecule has 0 radical (unpaired) electrons. The molecule has 18 heavy (non-hydrogen) atoms. The van der Waals surface area contributed by atoms with Crippen LogP contribution in [0.3, 0.4) is 0 Å². The number of hydrazine groups is 1. The third kappa shape index (κ3) is 2.95. The Kier molecular flexibility index (Phi) is 3.74. The van der Waals surface area contributed by atoms with Gasteiger partial charge in [0.05, 0.1) is 0 Å². The van der Waals surface area contributed by atoms with Crippen LogP contribution in [0, 0.1) is 13.8 Å². The fraction of sp³-hybridized carbons (Fsp3) is 0.231. The Morgan fingerprint density at radius 1 is 1.11 bits per heavy atom. The average molecular weight is 243 g/mol. The predicted molar refractivity (Wildman–Crippen MR) is 73.1 cm³/mol. The van der Waals surface area contributed by atoms with Gasteiger partial charge in [0.25, 0.3) is 0 Å². The van der Waals surface area contributed by atoms with E-state index in [2.05, 4.69) is 39.8 Å². The van der Waals surface area contributed by atoms with E-state index in [0.29, 0.717) is 11.6 Å². The number of hydrogen-bond donors (Lipinski definition) is 3. The largest absolute Gasteiger partial charge is 0.366 e. The van der Waals surface area contributed by atoms with Crippen molar-refractivity contribution in [2.45, 2.75) is 20.4 Å².